The predicted molar refractivity (Wildman–Crippen MR) is 86.3 cm³/mol. The molecule has 0 heterocycles. The highest BCUT2D eigenvalue weighted by atomic mass is 16.5. The first-order valence-electron chi connectivity index (χ1n) is 7.22. The van der Waals surface area contributed by atoms with Gasteiger partial charge in [0.2, 0.25) is 0 Å². The summed E-state index contributed by atoms with van der Waals surface area (Å²) in [4.78, 5) is 23.1. The van der Waals surface area contributed by atoms with Crippen molar-refractivity contribution < 1.29 is 19.1 Å². The molecule has 0 unspecified atom stereocenters. The zero-order valence-corrected chi connectivity index (χ0v) is 13.2. The highest BCUT2D eigenvalue weighted by molar-refractivity contribution is 5.89. The summed E-state index contributed by atoms with van der Waals surface area (Å²) in [5, 5.41) is 2.81. The van der Waals surface area contributed by atoms with Gasteiger partial charge in [0.1, 0.15) is 5.75 Å². The van der Waals surface area contributed by atoms with E-state index in [4.69, 9.17) is 4.74 Å². The Labute approximate surface area is 135 Å². The van der Waals surface area contributed by atoms with Crippen molar-refractivity contribution >= 4 is 11.9 Å². The minimum absolute atomic E-state index is 0.0799. The fourth-order valence-corrected chi connectivity index (χ4v) is 2.01. The molecular formula is C18H19NO4. The van der Waals surface area contributed by atoms with Gasteiger partial charge in [-0.2, -0.15) is 0 Å². The molecule has 5 nitrogen and oxygen atoms in total. The summed E-state index contributed by atoms with van der Waals surface area (Å²) in [7, 11) is 1.32. The molecule has 23 heavy (non-hydrogen) atoms. The average molecular weight is 313 g/mol. The normalized spacial score (nSPS) is 10.0. The Kier molecular flexibility index (Phi) is 5.74. The number of esters is 1. The molecule has 0 radical (unpaired) electrons. The molecule has 0 atom stereocenters. The molecule has 1 amide bonds. The van der Waals surface area contributed by atoms with Gasteiger partial charge in [0, 0.05) is 6.54 Å². The van der Waals surface area contributed by atoms with E-state index in [-0.39, 0.29) is 12.5 Å². The van der Waals surface area contributed by atoms with E-state index in [1.807, 2.05) is 31.2 Å². The Morgan fingerprint density at radius 2 is 1.74 bits per heavy atom. The molecule has 0 aliphatic rings. The molecule has 0 spiro atoms. The highest BCUT2D eigenvalue weighted by Crippen LogP contribution is 2.12. The molecule has 0 aliphatic carbocycles. The minimum atomic E-state index is -0.410. The van der Waals surface area contributed by atoms with Gasteiger partial charge < -0.3 is 14.8 Å². The number of ether oxygens (including phenoxy) is 2. The SMILES string of the molecule is COC(=O)c1ccc(OCC(=O)NCc2ccccc2C)cc1. The number of aryl methyl sites for hydroxylation is 1. The largest absolute Gasteiger partial charge is 0.484 e. The van der Waals surface area contributed by atoms with E-state index in [0.29, 0.717) is 17.9 Å². The first-order valence-corrected chi connectivity index (χ1v) is 7.22. The lowest BCUT2D eigenvalue weighted by Gasteiger charge is -2.09. The van der Waals surface area contributed by atoms with E-state index in [9.17, 15) is 9.59 Å². The first-order chi connectivity index (χ1) is 11.1. The van der Waals surface area contributed by atoms with Gasteiger partial charge in [-0.05, 0) is 42.3 Å². The van der Waals surface area contributed by atoms with Crippen LogP contribution in [0.25, 0.3) is 0 Å². The van der Waals surface area contributed by atoms with Crippen molar-refractivity contribution in [1.29, 1.82) is 0 Å². The van der Waals surface area contributed by atoms with Crippen LogP contribution in [0.1, 0.15) is 21.5 Å². The van der Waals surface area contributed by atoms with E-state index in [1.165, 1.54) is 7.11 Å². The Bertz CT molecular complexity index is 680. The van der Waals surface area contributed by atoms with Crippen molar-refractivity contribution in [2.45, 2.75) is 13.5 Å². The van der Waals surface area contributed by atoms with Crippen LogP contribution >= 0.6 is 0 Å². The topological polar surface area (TPSA) is 64.6 Å². The molecule has 0 bridgehead atoms. The fraction of sp³-hybridized carbons (Fsp3) is 0.222. The smallest absolute Gasteiger partial charge is 0.337 e. The van der Waals surface area contributed by atoms with Gasteiger partial charge in [-0.15, -0.1) is 0 Å². The van der Waals surface area contributed by atoms with Crippen LogP contribution in [0, 0.1) is 6.92 Å². The quantitative estimate of drug-likeness (QED) is 0.832. The molecule has 0 aromatic heterocycles. The lowest BCUT2D eigenvalue weighted by molar-refractivity contribution is -0.123. The number of amides is 1. The van der Waals surface area contributed by atoms with Crippen LogP contribution in [0.3, 0.4) is 0 Å². The number of carbonyl (C=O) groups is 2. The Morgan fingerprint density at radius 1 is 1.04 bits per heavy atom. The maximum atomic E-state index is 11.8. The second kappa shape index (κ2) is 7.98. The van der Waals surface area contributed by atoms with Gasteiger partial charge in [-0.1, -0.05) is 24.3 Å². The summed E-state index contributed by atoms with van der Waals surface area (Å²) < 4.78 is 10.0. The lowest BCUT2D eigenvalue weighted by atomic mass is 10.1. The summed E-state index contributed by atoms with van der Waals surface area (Å²) in [6.45, 7) is 2.39. The minimum Gasteiger partial charge on any atom is -0.484 e. The summed E-state index contributed by atoms with van der Waals surface area (Å²) >= 11 is 0. The zero-order valence-electron chi connectivity index (χ0n) is 13.2. The van der Waals surface area contributed by atoms with Crippen molar-refractivity contribution in [3.8, 4) is 5.75 Å². The Morgan fingerprint density at radius 3 is 2.39 bits per heavy atom. The number of carbonyl (C=O) groups excluding carboxylic acids is 2. The van der Waals surface area contributed by atoms with Gasteiger partial charge in [0.25, 0.3) is 5.91 Å². The van der Waals surface area contributed by atoms with Crippen LogP contribution in [0.4, 0.5) is 0 Å². The van der Waals surface area contributed by atoms with Gasteiger partial charge in [0.15, 0.2) is 6.61 Å². The molecule has 2 aromatic carbocycles. The Hall–Kier alpha value is -2.82. The van der Waals surface area contributed by atoms with Crippen molar-refractivity contribution in [2.24, 2.45) is 0 Å². The lowest BCUT2D eigenvalue weighted by Crippen LogP contribution is -2.28. The van der Waals surface area contributed by atoms with Crippen LogP contribution in [-0.2, 0) is 16.1 Å². The number of nitrogens with one attached hydrogen (secondary N) is 1. The summed E-state index contributed by atoms with van der Waals surface area (Å²) in [5.74, 6) is -0.0958. The second-order valence-electron chi connectivity index (χ2n) is 5.01. The third-order valence-electron chi connectivity index (χ3n) is 3.38. The fourth-order valence-electron chi connectivity index (χ4n) is 2.01. The number of methoxy groups -OCH3 is 1. The molecule has 1 N–H and O–H groups in total. The predicted octanol–water partition coefficient (Wildman–Crippen LogP) is 2.48. The molecule has 0 saturated carbocycles. The van der Waals surface area contributed by atoms with Crippen LogP contribution in [0.5, 0.6) is 5.75 Å². The summed E-state index contributed by atoms with van der Waals surface area (Å²) in [5.41, 5.74) is 2.64. The monoisotopic (exact) mass is 313 g/mol. The molecule has 2 aromatic rings. The van der Waals surface area contributed by atoms with Crippen LogP contribution in [0.2, 0.25) is 0 Å². The van der Waals surface area contributed by atoms with Crippen molar-refractivity contribution in [3.05, 3.63) is 65.2 Å². The molecule has 2 rings (SSSR count). The van der Waals surface area contributed by atoms with Gasteiger partial charge >= 0.3 is 5.97 Å². The zero-order chi connectivity index (χ0) is 16.7. The van der Waals surface area contributed by atoms with Gasteiger partial charge in [-0.3, -0.25) is 4.79 Å². The van der Waals surface area contributed by atoms with Crippen molar-refractivity contribution in [2.75, 3.05) is 13.7 Å². The maximum absolute atomic E-state index is 11.8. The second-order valence-corrected chi connectivity index (χ2v) is 5.01. The van der Waals surface area contributed by atoms with Crippen molar-refractivity contribution in [3.63, 3.8) is 0 Å². The summed E-state index contributed by atoms with van der Waals surface area (Å²) in [6, 6.07) is 14.3. The molecule has 120 valence electrons. The third-order valence-corrected chi connectivity index (χ3v) is 3.38. The van der Waals surface area contributed by atoms with Crippen LogP contribution in [0.15, 0.2) is 48.5 Å². The summed E-state index contributed by atoms with van der Waals surface area (Å²) in [6.07, 6.45) is 0. The molecular weight excluding hydrogens is 294 g/mol. The van der Waals surface area contributed by atoms with E-state index in [1.54, 1.807) is 24.3 Å². The van der Waals surface area contributed by atoms with Gasteiger partial charge in [-0.25, -0.2) is 4.79 Å². The Balaban J connectivity index is 1.80. The molecule has 0 fully saturated rings. The number of hydrogen-bond donors (Lipinski definition) is 1. The van der Waals surface area contributed by atoms with Crippen LogP contribution in [-0.4, -0.2) is 25.6 Å². The average Bonchev–Trinajstić information content (AvgIpc) is 2.59. The molecule has 0 saturated heterocycles. The van der Waals surface area contributed by atoms with Crippen LogP contribution < -0.4 is 10.1 Å². The van der Waals surface area contributed by atoms with Gasteiger partial charge in [0.05, 0.1) is 12.7 Å². The first kappa shape index (κ1) is 16.5. The maximum Gasteiger partial charge on any atom is 0.337 e. The van der Waals surface area contributed by atoms with E-state index in [2.05, 4.69) is 10.1 Å². The third kappa shape index (κ3) is 4.85. The number of benzene rings is 2. The molecule has 0 aliphatic heterocycles. The number of hydrogen-bond acceptors (Lipinski definition) is 4. The standard InChI is InChI=1S/C18H19NO4/c1-13-5-3-4-6-15(13)11-19-17(20)12-23-16-9-7-14(8-10-16)18(21)22-2/h3-10H,11-12H2,1-2H3,(H,19,20). The van der Waals surface area contributed by atoms with E-state index in [0.717, 1.165) is 11.1 Å². The van der Waals surface area contributed by atoms with E-state index < -0.39 is 5.97 Å². The van der Waals surface area contributed by atoms with E-state index >= 15 is 0 Å². The highest BCUT2D eigenvalue weighted by Gasteiger charge is 2.07. The number of rotatable bonds is 6. The molecule has 5 heteroatoms. The van der Waals surface area contributed by atoms with Crippen molar-refractivity contribution in [1.82, 2.24) is 5.32 Å².